The smallest absolute Gasteiger partial charge is 0.227 e. The number of nitrogens with one attached hydrogen (secondary N) is 1. The maximum absolute atomic E-state index is 11.9. The molecular formula is C19H30N2O2. The van der Waals surface area contributed by atoms with Crippen LogP contribution in [0.15, 0.2) is 24.3 Å². The van der Waals surface area contributed by atoms with Crippen molar-refractivity contribution in [1.29, 1.82) is 0 Å². The fraction of sp³-hybridized carbons (Fsp3) is 0.632. The molecule has 1 heterocycles. The van der Waals surface area contributed by atoms with Gasteiger partial charge in [0.05, 0.1) is 5.60 Å². The Morgan fingerprint density at radius 1 is 1.39 bits per heavy atom. The van der Waals surface area contributed by atoms with Gasteiger partial charge < -0.3 is 15.3 Å². The number of hydrogen-bond acceptors (Lipinski definition) is 3. The maximum atomic E-state index is 11.9. The summed E-state index contributed by atoms with van der Waals surface area (Å²) < 4.78 is 0. The molecule has 3 unspecified atom stereocenters. The molecule has 2 N–H and O–H groups in total. The van der Waals surface area contributed by atoms with Gasteiger partial charge in [0, 0.05) is 31.2 Å². The van der Waals surface area contributed by atoms with E-state index in [9.17, 15) is 9.90 Å². The van der Waals surface area contributed by atoms with E-state index < -0.39 is 5.60 Å². The molecule has 128 valence electrons. The summed E-state index contributed by atoms with van der Waals surface area (Å²) >= 11 is 0. The lowest BCUT2D eigenvalue weighted by atomic mass is 9.88. The predicted octanol–water partition coefficient (Wildman–Crippen LogP) is 3.26. The zero-order chi connectivity index (χ0) is 17.0. The summed E-state index contributed by atoms with van der Waals surface area (Å²) in [5, 5.41) is 14.0. The summed E-state index contributed by atoms with van der Waals surface area (Å²) in [4.78, 5) is 13.8. The Hall–Kier alpha value is -1.39. The molecule has 2 rings (SSSR count). The predicted molar refractivity (Wildman–Crippen MR) is 94.5 cm³/mol. The lowest BCUT2D eigenvalue weighted by Gasteiger charge is -2.31. The van der Waals surface area contributed by atoms with Crippen LogP contribution in [0.1, 0.15) is 58.6 Å². The van der Waals surface area contributed by atoms with Gasteiger partial charge in [-0.3, -0.25) is 4.79 Å². The molecule has 1 amide bonds. The number of rotatable bonds is 7. The lowest BCUT2D eigenvalue weighted by molar-refractivity contribution is -0.117. The Bertz CT molecular complexity index is 542. The number of nitrogens with zero attached hydrogens (tertiary/aromatic N) is 1. The summed E-state index contributed by atoms with van der Waals surface area (Å²) in [6.07, 6.45) is 2.54. The van der Waals surface area contributed by atoms with E-state index in [1.807, 2.05) is 24.0 Å². The number of carbonyl (C=O) groups is 1. The van der Waals surface area contributed by atoms with Crippen molar-refractivity contribution in [3.63, 3.8) is 0 Å². The molecule has 0 radical (unpaired) electrons. The average Bonchev–Trinajstić information content (AvgIpc) is 2.98. The zero-order valence-electron chi connectivity index (χ0n) is 14.8. The van der Waals surface area contributed by atoms with Crippen molar-refractivity contribution in [2.24, 2.45) is 5.92 Å². The minimum Gasteiger partial charge on any atom is -0.389 e. The fourth-order valence-electron chi connectivity index (χ4n) is 2.97. The number of anilines is 1. The van der Waals surface area contributed by atoms with Gasteiger partial charge in [0.25, 0.3) is 0 Å². The second-order valence-corrected chi connectivity index (χ2v) is 7.01. The second-order valence-electron chi connectivity index (χ2n) is 7.01. The Labute approximate surface area is 139 Å². The Balaban J connectivity index is 2.02. The molecule has 3 atom stereocenters. The van der Waals surface area contributed by atoms with Gasteiger partial charge in [-0.2, -0.15) is 0 Å². The van der Waals surface area contributed by atoms with E-state index in [2.05, 4.69) is 38.2 Å². The largest absolute Gasteiger partial charge is 0.389 e. The van der Waals surface area contributed by atoms with Gasteiger partial charge >= 0.3 is 0 Å². The number of amides is 1. The first-order valence-corrected chi connectivity index (χ1v) is 8.71. The minimum atomic E-state index is -0.717. The van der Waals surface area contributed by atoms with Crippen LogP contribution in [0, 0.1) is 5.92 Å². The van der Waals surface area contributed by atoms with E-state index in [0.717, 1.165) is 30.6 Å². The van der Waals surface area contributed by atoms with Crippen LogP contribution in [-0.2, 0) is 4.79 Å². The van der Waals surface area contributed by atoms with Crippen LogP contribution >= 0.6 is 0 Å². The van der Waals surface area contributed by atoms with Gasteiger partial charge in [-0.15, -0.1) is 0 Å². The Morgan fingerprint density at radius 2 is 2.13 bits per heavy atom. The van der Waals surface area contributed by atoms with E-state index in [1.54, 1.807) is 0 Å². The molecule has 1 saturated heterocycles. The molecule has 0 spiro atoms. The number of benzene rings is 1. The van der Waals surface area contributed by atoms with E-state index >= 15 is 0 Å². The highest BCUT2D eigenvalue weighted by Crippen LogP contribution is 2.25. The van der Waals surface area contributed by atoms with E-state index in [0.29, 0.717) is 13.0 Å². The van der Waals surface area contributed by atoms with Gasteiger partial charge in [-0.25, -0.2) is 0 Å². The van der Waals surface area contributed by atoms with E-state index in [1.165, 1.54) is 0 Å². The molecule has 1 aliphatic rings. The second kappa shape index (κ2) is 7.45. The summed E-state index contributed by atoms with van der Waals surface area (Å²) in [5.41, 5.74) is 1.40. The van der Waals surface area contributed by atoms with Crippen LogP contribution < -0.4 is 10.2 Å². The molecule has 1 aromatic carbocycles. The van der Waals surface area contributed by atoms with Crippen LogP contribution in [0.3, 0.4) is 0 Å². The molecule has 0 saturated carbocycles. The highest BCUT2D eigenvalue weighted by Gasteiger charge is 2.27. The highest BCUT2D eigenvalue weighted by atomic mass is 16.3. The molecule has 4 heteroatoms. The molecular weight excluding hydrogens is 288 g/mol. The molecule has 0 aromatic heterocycles. The van der Waals surface area contributed by atoms with Gasteiger partial charge in [-0.05, 0) is 43.9 Å². The SMILES string of the molecule is CCC(C)C(C)(O)CNC(C)c1cccc(N2CCCC2=O)c1. The van der Waals surface area contributed by atoms with Gasteiger partial charge in [-0.1, -0.05) is 32.4 Å². The normalized spacial score (nSPS) is 20.4. The minimum absolute atomic E-state index is 0.128. The third-order valence-electron chi connectivity index (χ3n) is 5.20. The first-order valence-electron chi connectivity index (χ1n) is 8.71. The van der Waals surface area contributed by atoms with Crippen molar-refractivity contribution in [2.45, 2.75) is 58.6 Å². The Morgan fingerprint density at radius 3 is 2.74 bits per heavy atom. The molecule has 0 bridgehead atoms. The zero-order valence-corrected chi connectivity index (χ0v) is 14.8. The summed E-state index contributed by atoms with van der Waals surface area (Å²) in [6.45, 7) is 9.52. The van der Waals surface area contributed by atoms with Crippen molar-refractivity contribution in [1.82, 2.24) is 5.32 Å². The molecule has 1 fully saturated rings. The Kier molecular flexibility index (Phi) is 5.82. The third kappa shape index (κ3) is 4.33. The van der Waals surface area contributed by atoms with Crippen molar-refractivity contribution in [2.75, 3.05) is 18.0 Å². The van der Waals surface area contributed by atoms with E-state index in [-0.39, 0.29) is 17.9 Å². The van der Waals surface area contributed by atoms with Crippen LogP contribution in [-0.4, -0.2) is 29.7 Å². The van der Waals surface area contributed by atoms with Crippen molar-refractivity contribution >= 4 is 11.6 Å². The topological polar surface area (TPSA) is 52.6 Å². The number of aliphatic hydroxyl groups is 1. The van der Waals surface area contributed by atoms with Crippen LogP contribution in [0.2, 0.25) is 0 Å². The summed E-state index contributed by atoms with van der Waals surface area (Å²) in [6, 6.07) is 8.28. The molecule has 0 aliphatic carbocycles. The maximum Gasteiger partial charge on any atom is 0.227 e. The lowest BCUT2D eigenvalue weighted by Crippen LogP contribution is -2.43. The molecule has 4 nitrogen and oxygen atoms in total. The number of hydrogen-bond donors (Lipinski definition) is 2. The average molecular weight is 318 g/mol. The highest BCUT2D eigenvalue weighted by molar-refractivity contribution is 5.95. The number of carbonyl (C=O) groups excluding carboxylic acids is 1. The summed E-state index contributed by atoms with van der Waals surface area (Å²) in [5.74, 6) is 0.457. The van der Waals surface area contributed by atoms with Crippen LogP contribution in [0.4, 0.5) is 5.69 Å². The van der Waals surface area contributed by atoms with Gasteiger partial charge in [0.15, 0.2) is 0 Å². The quantitative estimate of drug-likeness (QED) is 0.811. The molecule has 1 aromatic rings. The fourth-order valence-corrected chi connectivity index (χ4v) is 2.97. The van der Waals surface area contributed by atoms with Crippen molar-refractivity contribution in [3.8, 4) is 0 Å². The monoisotopic (exact) mass is 318 g/mol. The van der Waals surface area contributed by atoms with Crippen molar-refractivity contribution < 1.29 is 9.90 Å². The van der Waals surface area contributed by atoms with Gasteiger partial charge in [0.1, 0.15) is 0 Å². The first-order chi connectivity index (χ1) is 10.8. The standard InChI is InChI=1S/C19H30N2O2/c1-5-14(2)19(4,23)13-20-15(3)16-8-6-9-17(12-16)21-11-7-10-18(21)22/h6,8-9,12,14-15,20,23H,5,7,10-11,13H2,1-4H3. The van der Waals surface area contributed by atoms with Crippen molar-refractivity contribution in [3.05, 3.63) is 29.8 Å². The molecule has 1 aliphatic heterocycles. The first kappa shape index (κ1) is 18.0. The van der Waals surface area contributed by atoms with Crippen LogP contribution in [0.25, 0.3) is 0 Å². The molecule has 23 heavy (non-hydrogen) atoms. The van der Waals surface area contributed by atoms with E-state index in [4.69, 9.17) is 0 Å². The third-order valence-corrected chi connectivity index (χ3v) is 5.20. The summed E-state index contributed by atoms with van der Waals surface area (Å²) in [7, 11) is 0. The van der Waals surface area contributed by atoms with Gasteiger partial charge in [0.2, 0.25) is 5.91 Å². The van der Waals surface area contributed by atoms with Crippen LogP contribution in [0.5, 0.6) is 0 Å².